The summed E-state index contributed by atoms with van der Waals surface area (Å²) < 4.78 is 0. The minimum absolute atomic E-state index is 0.0101. The van der Waals surface area contributed by atoms with E-state index in [4.69, 9.17) is 11.6 Å². The number of nitrogens with one attached hydrogen (secondary N) is 2. The van der Waals surface area contributed by atoms with Gasteiger partial charge in [-0.3, -0.25) is 25.2 Å². The molecule has 0 radical (unpaired) electrons. The maximum atomic E-state index is 13.1. The van der Waals surface area contributed by atoms with Gasteiger partial charge in [-0.2, -0.15) is 0 Å². The molecule has 2 unspecified atom stereocenters. The van der Waals surface area contributed by atoms with Gasteiger partial charge in [-0.15, -0.1) is 0 Å². The number of halogens is 1. The number of aromatic nitrogens is 1. The van der Waals surface area contributed by atoms with Gasteiger partial charge in [-0.25, -0.2) is 0 Å². The highest BCUT2D eigenvalue weighted by Crippen LogP contribution is 2.28. The number of nitro groups is 1. The average Bonchev–Trinajstić information content (AvgIpc) is 2.74. The van der Waals surface area contributed by atoms with E-state index in [1.807, 2.05) is 49.4 Å². The Kier molecular flexibility index (Phi) is 6.54. The van der Waals surface area contributed by atoms with Crippen LogP contribution in [0.2, 0.25) is 5.02 Å². The predicted molar refractivity (Wildman–Crippen MR) is 112 cm³/mol. The molecular weight excluding hydrogens is 392 g/mol. The van der Waals surface area contributed by atoms with Crippen LogP contribution < -0.4 is 10.6 Å². The molecule has 1 amide bonds. The van der Waals surface area contributed by atoms with E-state index in [9.17, 15) is 14.9 Å². The van der Waals surface area contributed by atoms with Crippen molar-refractivity contribution in [1.29, 1.82) is 0 Å². The van der Waals surface area contributed by atoms with Crippen molar-refractivity contribution in [3.8, 4) is 0 Å². The Balaban J connectivity index is 1.85. The first-order valence-electron chi connectivity index (χ1n) is 8.91. The van der Waals surface area contributed by atoms with Crippen LogP contribution in [-0.4, -0.2) is 15.8 Å². The van der Waals surface area contributed by atoms with Gasteiger partial charge in [-0.1, -0.05) is 48.0 Å². The first kappa shape index (κ1) is 20.4. The number of pyridine rings is 1. The summed E-state index contributed by atoms with van der Waals surface area (Å²) >= 11 is 5.85. The molecule has 2 aromatic carbocycles. The summed E-state index contributed by atoms with van der Waals surface area (Å²) in [6.07, 6.45) is 3.42. The van der Waals surface area contributed by atoms with Crippen molar-refractivity contribution in [3.63, 3.8) is 0 Å². The second-order valence-electron chi connectivity index (χ2n) is 6.43. The standard InChI is InChI=1S/C21H19ClN4O3/c1-14(16-8-5-11-23-13-16)24-20(15-6-3-2-4-7-15)21(27)25-17-9-10-18(22)19(12-17)26(28)29/h2-14,20,24H,1H3,(H,25,27). The number of benzene rings is 2. The average molecular weight is 411 g/mol. The molecular formula is C21H19ClN4O3. The molecule has 7 nitrogen and oxygen atoms in total. The molecule has 148 valence electrons. The predicted octanol–water partition coefficient (Wildman–Crippen LogP) is 4.67. The summed E-state index contributed by atoms with van der Waals surface area (Å²) in [6, 6.07) is 16.3. The van der Waals surface area contributed by atoms with Crippen LogP contribution in [0.5, 0.6) is 0 Å². The third kappa shape index (κ3) is 5.16. The minimum Gasteiger partial charge on any atom is -0.324 e. The van der Waals surface area contributed by atoms with Crippen LogP contribution >= 0.6 is 11.6 Å². The van der Waals surface area contributed by atoms with Gasteiger partial charge >= 0.3 is 0 Å². The van der Waals surface area contributed by atoms with Gasteiger partial charge < -0.3 is 5.32 Å². The lowest BCUT2D eigenvalue weighted by atomic mass is 10.0. The number of nitrogens with zero attached hydrogens (tertiary/aromatic N) is 2. The van der Waals surface area contributed by atoms with Crippen molar-refractivity contribution in [1.82, 2.24) is 10.3 Å². The Morgan fingerprint density at radius 3 is 2.48 bits per heavy atom. The largest absolute Gasteiger partial charge is 0.324 e. The second-order valence-corrected chi connectivity index (χ2v) is 6.84. The number of amides is 1. The van der Waals surface area contributed by atoms with Crippen LogP contribution in [0.1, 0.15) is 30.1 Å². The fraction of sp³-hybridized carbons (Fsp3) is 0.143. The minimum atomic E-state index is -0.679. The molecule has 0 spiro atoms. The molecule has 8 heteroatoms. The Bertz CT molecular complexity index is 999. The molecule has 0 aliphatic carbocycles. The summed E-state index contributed by atoms with van der Waals surface area (Å²) in [5, 5.41) is 17.2. The smallest absolute Gasteiger partial charge is 0.289 e. The van der Waals surface area contributed by atoms with Crippen LogP contribution in [0, 0.1) is 10.1 Å². The van der Waals surface area contributed by atoms with Crippen LogP contribution in [0.15, 0.2) is 73.1 Å². The molecule has 0 saturated carbocycles. The van der Waals surface area contributed by atoms with E-state index < -0.39 is 11.0 Å². The molecule has 1 aromatic heterocycles. The molecule has 0 aliphatic heterocycles. The molecule has 0 saturated heterocycles. The monoisotopic (exact) mass is 410 g/mol. The fourth-order valence-corrected chi connectivity index (χ4v) is 3.08. The molecule has 0 aliphatic rings. The maximum absolute atomic E-state index is 13.1. The van der Waals surface area contributed by atoms with E-state index in [1.54, 1.807) is 12.4 Å². The van der Waals surface area contributed by atoms with E-state index in [-0.39, 0.29) is 22.7 Å². The third-order valence-corrected chi connectivity index (χ3v) is 4.73. The van der Waals surface area contributed by atoms with Gasteiger partial charge in [0.2, 0.25) is 5.91 Å². The number of nitro benzene ring substituents is 1. The summed E-state index contributed by atoms with van der Waals surface area (Å²) in [4.78, 5) is 27.7. The molecule has 2 atom stereocenters. The third-order valence-electron chi connectivity index (χ3n) is 4.41. The molecule has 0 bridgehead atoms. The molecule has 1 heterocycles. The number of rotatable bonds is 7. The van der Waals surface area contributed by atoms with E-state index in [2.05, 4.69) is 15.6 Å². The van der Waals surface area contributed by atoms with E-state index >= 15 is 0 Å². The number of carbonyl (C=O) groups excluding carboxylic acids is 1. The van der Waals surface area contributed by atoms with Gasteiger partial charge in [0.1, 0.15) is 11.1 Å². The van der Waals surface area contributed by atoms with Crippen molar-refractivity contribution in [2.24, 2.45) is 0 Å². The summed E-state index contributed by atoms with van der Waals surface area (Å²) in [5.74, 6) is -0.344. The summed E-state index contributed by atoms with van der Waals surface area (Å²) in [6.45, 7) is 1.94. The lowest BCUT2D eigenvalue weighted by Gasteiger charge is -2.23. The van der Waals surface area contributed by atoms with Crippen LogP contribution in [0.3, 0.4) is 0 Å². The van der Waals surface area contributed by atoms with Gasteiger partial charge in [0.05, 0.1) is 4.92 Å². The quantitative estimate of drug-likeness (QED) is 0.435. The maximum Gasteiger partial charge on any atom is 0.289 e. The zero-order chi connectivity index (χ0) is 20.8. The Hall–Kier alpha value is -3.29. The highest BCUT2D eigenvalue weighted by atomic mass is 35.5. The zero-order valence-corrected chi connectivity index (χ0v) is 16.3. The SMILES string of the molecule is CC(NC(C(=O)Nc1ccc(Cl)c([N+](=O)[O-])c1)c1ccccc1)c1cccnc1. The van der Waals surface area contributed by atoms with Crippen molar-refractivity contribution in [2.75, 3.05) is 5.32 Å². The van der Waals surface area contributed by atoms with Crippen LogP contribution in [0.25, 0.3) is 0 Å². The normalized spacial score (nSPS) is 12.8. The highest BCUT2D eigenvalue weighted by Gasteiger charge is 2.24. The number of carbonyl (C=O) groups is 1. The Labute approximate surface area is 172 Å². The Morgan fingerprint density at radius 1 is 1.10 bits per heavy atom. The second kappa shape index (κ2) is 9.27. The lowest BCUT2D eigenvalue weighted by Crippen LogP contribution is -2.34. The topological polar surface area (TPSA) is 97.2 Å². The molecule has 2 N–H and O–H groups in total. The lowest BCUT2D eigenvalue weighted by molar-refractivity contribution is -0.384. The number of hydrogen-bond donors (Lipinski definition) is 2. The molecule has 0 fully saturated rings. The fourth-order valence-electron chi connectivity index (χ4n) is 2.89. The number of anilines is 1. The zero-order valence-electron chi connectivity index (χ0n) is 15.6. The van der Waals surface area contributed by atoms with Crippen molar-refractivity contribution >= 4 is 28.9 Å². The summed E-state index contributed by atoms with van der Waals surface area (Å²) in [5.41, 5.74) is 1.73. The van der Waals surface area contributed by atoms with E-state index in [0.717, 1.165) is 11.1 Å². The number of hydrogen-bond acceptors (Lipinski definition) is 5. The van der Waals surface area contributed by atoms with E-state index in [1.165, 1.54) is 18.2 Å². The van der Waals surface area contributed by atoms with Crippen molar-refractivity contribution in [2.45, 2.75) is 19.0 Å². The van der Waals surface area contributed by atoms with Crippen molar-refractivity contribution in [3.05, 3.63) is 99.3 Å². The van der Waals surface area contributed by atoms with Crippen LogP contribution in [0.4, 0.5) is 11.4 Å². The highest BCUT2D eigenvalue weighted by molar-refractivity contribution is 6.32. The Morgan fingerprint density at radius 2 is 1.83 bits per heavy atom. The van der Waals surface area contributed by atoms with Gasteiger partial charge in [-0.05, 0) is 36.2 Å². The molecule has 3 rings (SSSR count). The molecule has 3 aromatic rings. The first-order valence-corrected chi connectivity index (χ1v) is 9.29. The summed E-state index contributed by atoms with van der Waals surface area (Å²) in [7, 11) is 0. The van der Waals surface area contributed by atoms with Gasteiger partial charge in [0, 0.05) is 30.2 Å². The first-order chi connectivity index (χ1) is 14.0. The molecule has 29 heavy (non-hydrogen) atoms. The van der Waals surface area contributed by atoms with Gasteiger partial charge in [0.25, 0.3) is 5.69 Å². The van der Waals surface area contributed by atoms with Crippen LogP contribution in [-0.2, 0) is 4.79 Å². The van der Waals surface area contributed by atoms with E-state index in [0.29, 0.717) is 5.69 Å². The van der Waals surface area contributed by atoms with Crippen molar-refractivity contribution < 1.29 is 9.72 Å². The van der Waals surface area contributed by atoms with Gasteiger partial charge in [0.15, 0.2) is 0 Å².